The molecule has 0 radical (unpaired) electrons. The Morgan fingerprint density at radius 1 is 0.750 bits per heavy atom. The molecule has 0 fully saturated rings. The van der Waals surface area contributed by atoms with Gasteiger partial charge in [0.25, 0.3) is 0 Å². The van der Waals surface area contributed by atoms with Gasteiger partial charge in [0.15, 0.2) is 6.29 Å². The van der Waals surface area contributed by atoms with Crippen molar-refractivity contribution >= 4 is 52.0 Å². The summed E-state index contributed by atoms with van der Waals surface area (Å²) in [5.74, 6) is 0. The zero-order chi connectivity index (χ0) is 16.4. The van der Waals surface area contributed by atoms with Crippen molar-refractivity contribution in [1.82, 2.24) is 4.98 Å². The third kappa shape index (κ3) is 3.07. The number of carbonyl (C=O) groups is 1. The van der Waals surface area contributed by atoms with Crippen molar-refractivity contribution in [2.24, 2.45) is 0 Å². The Morgan fingerprint density at radius 3 is 2.29 bits per heavy atom. The molecule has 0 atom stereocenters. The lowest BCUT2D eigenvalue weighted by molar-refractivity contribution is 0.112. The first-order valence-electron chi connectivity index (χ1n) is 7.51. The highest BCUT2D eigenvalue weighted by Crippen LogP contribution is 2.33. The molecule has 4 aromatic rings. The lowest BCUT2D eigenvalue weighted by atomic mass is 10.2. The predicted octanol–water partition coefficient (Wildman–Crippen LogP) is 6.01. The van der Waals surface area contributed by atoms with E-state index in [9.17, 15) is 4.79 Å². The molecule has 4 heteroatoms. The minimum atomic E-state index is 0.760. The van der Waals surface area contributed by atoms with E-state index in [1.807, 2.05) is 42.5 Å². The fourth-order valence-electron chi connectivity index (χ4n) is 2.47. The number of nitrogens with zero attached hydrogens (tertiary/aromatic N) is 1. The molecule has 0 unspecified atom stereocenters. The number of aldehydes is 1. The van der Waals surface area contributed by atoms with Gasteiger partial charge in [-0.15, -0.1) is 22.7 Å². The van der Waals surface area contributed by atoms with Gasteiger partial charge in [-0.2, -0.15) is 0 Å². The molecule has 0 saturated carbocycles. The first kappa shape index (κ1) is 15.0. The number of thiophene rings is 2. The fraction of sp³-hybridized carbons (Fsp3) is 0. The lowest BCUT2D eigenvalue weighted by Crippen LogP contribution is -1.81. The standard InChI is InChI=1S/C20H13NOS2/c22-13-17-10-12-20(24-17)19-11-9-16(23-19)8-7-15-6-5-14-3-1-2-4-18(14)21-15/h1-13H. The number of carbonyl (C=O) groups excluding carboxylic acids is 1. The van der Waals surface area contributed by atoms with E-state index in [1.54, 1.807) is 11.3 Å². The van der Waals surface area contributed by atoms with Gasteiger partial charge >= 0.3 is 0 Å². The molecular weight excluding hydrogens is 334 g/mol. The van der Waals surface area contributed by atoms with E-state index in [2.05, 4.69) is 35.3 Å². The summed E-state index contributed by atoms with van der Waals surface area (Å²) < 4.78 is 0. The number of hydrogen-bond acceptors (Lipinski definition) is 4. The van der Waals surface area contributed by atoms with Crippen LogP contribution in [0.2, 0.25) is 0 Å². The van der Waals surface area contributed by atoms with Gasteiger partial charge in [0, 0.05) is 20.0 Å². The van der Waals surface area contributed by atoms with Crippen molar-refractivity contribution in [3.63, 3.8) is 0 Å². The summed E-state index contributed by atoms with van der Waals surface area (Å²) in [6.07, 6.45) is 5.01. The van der Waals surface area contributed by atoms with Crippen molar-refractivity contribution in [2.45, 2.75) is 0 Å². The van der Waals surface area contributed by atoms with Crippen molar-refractivity contribution in [3.05, 3.63) is 76.1 Å². The third-order valence-electron chi connectivity index (χ3n) is 3.65. The van der Waals surface area contributed by atoms with E-state index in [0.717, 1.165) is 32.6 Å². The zero-order valence-corrected chi connectivity index (χ0v) is 14.3. The van der Waals surface area contributed by atoms with Crippen molar-refractivity contribution in [2.75, 3.05) is 0 Å². The summed E-state index contributed by atoms with van der Waals surface area (Å²) in [7, 11) is 0. The Bertz CT molecular complexity index is 1040. The minimum absolute atomic E-state index is 0.760. The van der Waals surface area contributed by atoms with Crippen LogP contribution in [0.15, 0.2) is 60.7 Å². The van der Waals surface area contributed by atoms with Gasteiger partial charge in [-0.05, 0) is 48.6 Å². The lowest BCUT2D eigenvalue weighted by Gasteiger charge is -1.97. The first-order chi connectivity index (χ1) is 11.8. The molecule has 116 valence electrons. The maximum atomic E-state index is 10.8. The zero-order valence-electron chi connectivity index (χ0n) is 12.7. The van der Waals surface area contributed by atoms with Crippen LogP contribution in [-0.4, -0.2) is 11.3 Å². The smallest absolute Gasteiger partial charge is 0.160 e. The van der Waals surface area contributed by atoms with Gasteiger partial charge in [0.05, 0.1) is 16.1 Å². The fourth-order valence-corrected chi connectivity index (χ4v) is 4.29. The van der Waals surface area contributed by atoms with Crippen LogP contribution in [-0.2, 0) is 0 Å². The van der Waals surface area contributed by atoms with Crippen LogP contribution < -0.4 is 0 Å². The van der Waals surface area contributed by atoms with Crippen LogP contribution in [0.25, 0.3) is 32.8 Å². The summed E-state index contributed by atoms with van der Waals surface area (Å²) in [5.41, 5.74) is 1.95. The van der Waals surface area contributed by atoms with Crippen LogP contribution in [0.4, 0.5) is 0 Å². The van der Waals surface area contributed by atoms with Crippen LogP contribution in [0.1, 0.15) is 20.2 Å². The molecule has 3 heterocycles. The summed E-state index contributed by atoms with van der Waals surface area (Å²) >= 11 is 3.23. The third-order valence-corrected chi connectivity index (χ3v) is 5.91. The Kier molecular flexibility index (Phi) is 4.07. The Hall–Kier alpha value is -2.56. The quantitative estimate of drug-likeness (QED) is 0.423. The SMILES string of the molecule is O=Cc1ccc(-c2ccc(C=Cc3ccc4ccccc4n3)s2)s1. The van der Waals surface area contributed by atoms with Crippen LogP contribution >= 0.6 is 22.7 Å². The Balaban J connectivity index is 1.58. The van der Waals surface area contributed by atoms with Gasteiger partial charge in [-0.1, -0.05) is 24.3 Å². The number of benzene rings is 1. The molecule has 24 heavy (non-hydrogen) atoms. The number of hydrogen-bond donors (Lipinski definition) is 0. The number of pyridine rings is 1. The highest BCUT2D eigenvalue weighted by Gasteiger charge is 2.05. The summed E-state index contributed by atoms with van der Waals surface area (Å²) in [6.45, 7) is 0. The molecule has 0 aliphatic carbocycles. The molecule has 3 aromatic heterocycles. The highest BCUT2D eigenvalue weighted by atomic mass is 32.1. The maximum Gasteiger partial charge on any atom is 0.160 e. The largest absolute Gasteiger partial charge is 0.297 e. The van der Waals surface area contributed by atoms with Crippen molar-refractivity contribution in [1.29, 1.82) is 0 Å². The second-order valence-electron chi connectivity index (χ2n) is 5.28. The van der Waals surface area contributed by atoms with E-state index in [0.29, 0.717) is 0 Å². The normalized spacial score (nSPS) is 11.3. The Labute approximate surface area is 147 Å². The molecule has 0 aliphatic rings. The van der Waals surface area contributed by atoms with Crippen molar-refractivity contribution < 1.29 is 4.79 Å². The Morgan fingerprint density at radius 2 is 1.50 bits per heavy atom. The van der Waals surface area contributed by atoms with Crippen LogP contribution in [0, 0.1) is 0 Å². The van der Waals surface area contributed by atoms with Gasteiger partial charge in [0.2, 0.25) is 0 Å². The van der Waals surface area contributed by atoms with Gasteiger partial charge in [0.1, 0.15) is 0 Å². The molecule has 0 saturated heterocycles. The molecule has 0 amide bonds. The molecule has 0 aliphatic heterocycles. The summed E-state index contributed by atoms with van der Waals surface area (Å²) in [4.78, 5) is 19.7. The van der Waals surface area contributed by atoms with Gasteiger partial charge in [-0.3, -0.25) is 4.79 Å². The highest BCUT2D eigenvalue weighted by molar-refractivity contribution is 7.23. The maximum absolute atomic E-state index is 10.8. The van der Waals surface area contributed by atoms with E-state index in [-0.39, 0.29) is 0 Å². The topological polar surface area (TPSA) is 30.0 Å². The molecule has 4 rings (SSSR count). The minimum Gasteiger partial charge on any atom is -0.297 e. The molecule has 0 bridgehead atoms. The second-order valence-corrected chi connectivity index (χ2v) is 7.51. The van der Waals surface area contributed by atoms with Gasteiger partial charge in [-0.25, -0.2) is 4.98 Å². The molecule has 0 spiro atoms. The molecule has 0 N–H and O–H groups in total. The monoisotopic (exact) mass is 347 g/mol. The van der Waals surface area contributed by atoms with E-state index in [1.165, 1.54) is 21.1 Å². The van der Waals surface area contributed by atoms with Gasteiger partial charge < -0.3 is 0 Å². The molecular formula is C20H13NOS2. The second kappa shape index (κ2) is 6.51. The predicted molar refractivity (Wildman–Crippen MR) is 104 cm³/mol. The molecule has 2 nitrogen and oxygen atoms in total. The summed E-state index contributed by atoms with van der Waals surface area (Å²) in [6, 6.07) is 20.3. The first-order valence-corrected chi connectivity index (χ1v) is 9.14. The van der Waals surface area contributed by atoms with Crippen LogP contribution in [0.3, 0.4) is 0 Å². The van der Waals surface area contributed by atoms with E-state index < -0.39 is 0 Å². The van der Waals surface area contributed by atoms with E-state index in [4.69, 9.17) is 0 Å². The number of fused-ring (bicyclic) bond motifs is 1. The number of para-hydroxylation sites is 1. The van der Waals surface area contributed by atoms with Crippen molar-refractivity contribution in [3.8, 4) is 9.75 Å². The van der Waals surface area contributed by atoms with E-state index >= 15 is 0 Å². The number of rotatable bonds is 4. The average Bonchev–Trinajstić information content (AvgIpc) is 3.28. The summed E-state index contributed by atoms with van der Waals surface area (Å²) in [5, 5.41) is 1.15. The number of aromatic nitrogens is 1. The molecule has 1 aromatic carbocycles. The average molecular weight is 347 g/mol. The van der Waals surface area contributed by atoms with Crippen LogP contribution in [0.5, 0.6) is 0 Å².